The molecule has 0 saturated carbocycles. The van der Waals surface area contributed by atoms with Crippen LogP contribution in [-0.4, -0.2) is 22.9 Å². The van der Waals surface area contributed by atoms with Crippen LogP contribution in [0, 0.1) is 5.82 Å². The van der Waals surface area contributed by atoms with Crippen LogP contribution in [0.4, 0.5) is 15.8 Å². The Balaban J connectivity index is 1.73. The summed E-state index contributed by atoms with van der Waals surface area (Å²) in [6.07, 6.45) is -0.381. The van der Waals surface area contributed by atoms with Crippen molar-refractivity contribution in [2.45, 2.75) is 12.3 Å². The number of hydrogen-bond donors (Lipinski definition) is 3. The van der Waals surface area contributed by atoms with E-state index in [1.165, 1.54) is 18.2 Å². The summed E-state index contributed by atoms with van der Waals surface area (Å²) in [5.41, 5.74) is 1.28. The first-order valence-corrected chi connectivity index (χ1v) is 9.65. The average Bonchev–Trinajstić information content (AvgIpc) is 2.74. The van der Waals surface area contributed by atoms with Crippen molar-refractivity contribution in [1.29, 1.82) is 0 Å². The normalized spacial score (nSPS) is 11.4. The predicted molar refractivity (Wildman–Crippen MR) is 116 cm³/mol. The van der Waals surface area contributed by atoms with Crippen LogP contribution in [0.25, 0.3) is 0 Å². The van der Waals surface area contributed by atoms with Crippen LogP contribution in [-0.2, 0) is 9.59 Å². The Kier molecular flexibility index (Phi) is 6.99. The van der Waals surface area contributed by atoms with Crippen molar-refractivity contribution < 1.29 is 23.9 Å². The van der Waals surface area contributed by atoms with E-state index in [2.05, 4.69) is 10.6 Å². The average molecular weight is 441 g/mol. The number of rotatable bonds is 7. The minimum absolute atomic E-state index is 0.208. The Bertz CT molecular complexity index is 1100. The van der Waals surface area contributed by atoms with E-state index in [0.717, 1.165) is 12.1 Å². The molecule has 8 heteroatoms. The Labute approximate surface area is 182 Å². The second-order valence-corrected chi connectivity index (χ2v) is 7.14. The number of hydrogen-bond acceptors (Lipinski definition) is 3. The number of anilines is 2. The van der Waals surface area contributed by atoms with Crippen molar-refractivity contribution in [2.75, 3.05) is 10.6 Å². The van der Waals surface area contributed by atoms with Gasteiger partial charge in [-0.05, 0) is 54.1 Å². The largest absolute Gasteiger partial charge is 0.481 e. The second-order valence-electron chi connectivity index (χ2n) is 6.70. The quantitative estimate of drug-likeness (QED) is 0.485. The van der Waals surface area contributed by atoms with Gasteiger partial charge in [0.2, 0.25) is 5.91 Å². The number of amides is 2. The van der Waals surface area contributed by atoms with Gasteiger partial charge in [-0.3, -0.25) is 14.4 Å². The van der Waals surface area contributed by atoms with Crippen molar-refractivity contribution in [1.82, 2.24) is 0 Å². The maximum atomic E-state index is 13.1. The standard InChI is InChI=1S/C23H18ClFN2O4/c24-15-7-11-17(12-8-15)26-22(29)18-3-1-2-4-20(18)27-21(28)13-19(23(30)31)14-5-9-16(25)10-6-14/h1-12,19H,13H2,(H,26,29)(H,27,28)(H,30,31)/t19-/m0/s1. The molecule has 0 heterocycles. The zero-order chi connectivity index (χ0) is 22.4. The Hall–Kier alpha value is -3.71. The van der Waals surface area contributed by atoms with Crippen molar-refractivity contribution in [3.8, 4) is 0 Å². The van der Waals surface area contributed by atoms with E-state index in [1.54, 1.807) is 42.5 Å². The summed E-state index contributed by atoms with van der Waals surface area (Å²) in [4.78, 5) is 36.8. The van der Waals surface area contributed by atoms with E-state index in [-0.39, 0.29) is 17.7 Å². The molecule has 0 unspecified atom stereocenters. The molecular formula is C23H18ClFN2O4. The fourth-order valence-electron chi connectivity index (χ4n) is 2.95. The Morgan fingerprint density at radius 2 is 1.55 bits per heavy atom. The lowest BCUT2D eigenvalue weighted by Crippen LogP contribution is -2.22. The molecule has 158 valence electrons. The minimum atomic E-state index is -1.21. The molecule has 6 nitrogen and oxygen atoms in total. The highest BCUT2D eigenvalue weighted by Gasteiger charge is 2.24. The first kappa shape index (κ1) is 22.0. The maximum absolute atomic E-state index is 13.1. The molecule has 0 aliphatic heterocycles. The van der Waals surface area contributed by atoms with Crippen molar-refractivity contribution in [2.24, 2.45) is 0 Å². The van der Waals surface area contributed by atoms with Gasteiger partial charge in [-0.1, -0.05) is 35.9 Å². The van der Waals surface area contributed by atoms with E-state index in [9.17, 15) is 23.9 Å². The molecule has 0 saturated heterocycles. The first-order chi connectivity index (χ1) is 14.8. The number of nitrogens with one attached hydrogen (secondary N) is 2. The SMILES string of the molecule is O=C(C[C@H](C(=O)O)c1ccc(F)cc1)Nc1ccccc1C(=O)Nc1ccc(Cl)cc1. The van der Waals surface area contributed by atoms with Crippen molar-refractivity contribution in [3.63, 3.8) is 0 Å². The first-order valence-electron chi connectivity index (χ1n) is 9.27. The molecule has 3 rings (SSSR count). The number of halogens is 2. The molecule has 31 heavy (non-hydrogen) atoms. The topological polar surface area (TPSA) is 95.5 Å². The van der Waals surface area contributed by atoms with Crippen molar-refractivity contribution in [3.05, 3.63) is 94.8 Å². The van der Waals surface area contributed by atoms with Gasteiger partial charge < -0.3 is 15.7 Å². The van der Waals surface area contributed by atoms with Gasteiger partial charge in [-0.2, -0.15) is 0 Å². The van der Waals surface area contributed by atoms with Crippen LogP contribution in [0.1, 0.15) is 28.3 Å². The lowest BCUT2D eigenvalue weighted by molar-refractivity contribution is -0.140. The summed E-state index contributed by atoms with van der Waals surface area (Å²) in [6.45, 7) is 0. The fraction of sp³-hybridized carbons (Fsp3) is 0.0870. The molecule has 0 bridgehead atoms. The summed E-state index contributed by atoms with van der Waals surface area (Å²) in [5.74, 6) is -3.92. The molecule has 0 aromatic heterocycles. The number of aliphatic carboxylic acids is 1. The zero-order valence-corrected chi connectivity index (χ0v) is 16.9. The minimum Gasteiger partial charge on any atom is -0.481 e. The van der Waals surface area contributed by atoms with Gasteiger partial charge in [0.15, 0.2) is 0 Å². The van der Waals surface area contributed by atoms with Crippen LogP contribution >= 0.6 is 11.6 Å². The van der Waals surface area contributed by atoms with Crippen molar-refractivity contribution >= 4 is 40.8 Å². The number of carboxylic acids is 1. The molecule has 3 aromatic carbocycles. The van der Waals surface area contributed by atoms with Crippen LogP contribution in [0.15, 0.2) is 72.8 Å². The van der Waals surface area contributed by atoms with E-state index < -0.39 is 29.5 Å². The molecule has 0 radical (unpaired) electrons. The fourth-order valence-corrected chi connectivity index (χ4v) is 3.08. The molecule has 3 N–H and O–H groups in total. The third kappa shape index (κ3) is 5.90. The third-order valence-corrected chi connectivity index (χ3v) is 4.76. The monoisotopic (exact) mass is 440 g/mol. The van der Waals surface area contributed by atoms with Gasteiger partial charge in [0.05, 0.1) is 17.2 Å². The van der Waals surface area contributed by atoms with E-state index >= 15 is 0 Å². The number of benzene rings is 3. The molecule has 0 aliphatic carbocycles. The van der Waals surface area contributed by atoms with Gasteiger partial charge in [-0.25, -0.2) is 4.39 Å². The molecule has 2 amide bonds. The number of carbonyl (C=O) groups is 3. The van der Waals surface area contributed by atoms with Gasteiger partial charge >= 0.3 is 5.97 Å². The molecule has 1 atom stereocenters. The van der Waals surface area contributed by atoms with Gasteiger partial charge in [0.25, 0.3) is 5.91 Å². The molecule has 3 aromatic rings. The third-order valence-electron chi connectivity index (χ3n) is 4.51. The summed E-state index contributed by atoms with van der Waals surface area (Å²) in [7, 11) is 0. The van der Waals surface area contributed by atoms with Gasteiger partial charge in [0, 0.05) is 17.1 Å². The van der Waals surface area contributed by atoms with Crippen LogP contribution < -0.4 is 10.6 Å². The summed E-state index contributed by atoms with van der Waals surface area (Å²) in [5, 5.41) is 15.3. The lowest BCUT2D eigenvalue weighted by atomic mass is 9.95. The highest BCUT2D eigenvalue weighted by Crippen LogP contribution is 2.23. The van der Waals surface area contributed by atoms with Crippen LogP contribution in [0.3, 0.4) is 0 Å². The predicted octanol–water partition coefficient (Wildman–Crippen LogP) is 4.93. The van der Waals surface area contributed by atoms with Crippen LogP contribution in [0.5, 0.6) is 0 Å². The Morgan fingerprint density at radius 1 is 0.903 bits per heavy atom. The summed E-state index contributed by atoms with van der Waals surface area (Å²) in [6, 6.07) is 17.8. The number of para-hydroxylation sites is 1. The number of carbonyl (C=O) groups excluding carboxylic acids is 2. The zero-order valence-electron chi connectivity index (χ0n) is 16.1. The maximum Gasteiger partial charge on any atom is 0.311 e. The van der Waals surface area contributed by atoms with Gasteiger partial charge in [0.1, 0.15) is 5.82 Å². The molecular weight excluding hydrogens is 423 g/mol. The van der Waals surface area contributed by atoms with E-state index in [1.807, 2.05) is 0 Å². The highest BCUT2D eigenvalue weighted by atomic mass is 35.5. The smallest absolute Gasteiger partial charge is 0.311 e. The molecule has 0 spiro atoms. The molecule has 0 aliphatic rings. The van der Waals surface area contributed by atoms with Gasteiger partial charge in [-0.15, -0.1) is 0 Å². The molecule has 0 fully saturated rings. The van der Waals surface area contributed by atoms with Crippen LogP contribution in [0.2, 0.25) is 5.02 Å². The lowest BCUT2D eigenvalue weighted by Gasteiger charge is -2.15. The number of carboxylic acid groups (broad SMARTS) is 1. The Morgan fingerprint density at radius 3 is 2.19 bits per heavy atom. The van der Waals surface area contributed by atoms with E-state index in [0.29, 0.717) is 16.3 Å². The second kappa shape index (κ2) is 9.86. The summed E-state index contributed by atoms with van der Waals surface area (Å²) >= 11 is 5.84. The summed E-state index contributed by atoms with van der Waals surface area (Å²) < 4.78 is 13.1. The highest BCUT2D eigenvalue weighted by molar-refractivity contribution is 6.30. The van der Waals surface area contributed by atoms with E-state index in [4.69, 9.17) is 11.6 Å².